The largest absolute Gasteiger partial charge is 0.573 e. The number of ether oxygens (including phenoxy) is 1. The van der Waals surface area contributed by atoms with Crippen LogP contribution in [0.1, 0.15) is 5.69 Å². The molecule has 1 aromatic carbocycles. The number of nitrogens with zero attached hydrogens (tertiary/aromatic N) is 4. The second-order valence-electron chi connectivity index (χ2n) is 4.91. The number of guanidine groups is 1. The first-order chi connectivity index (χ1) is 11.9. The van der Waals surface area contributed by atoms with Gasteiger partial charge in [0.05, 0.1) is 24.1 Å². The molecule has 0 unspecified atom stereocenters. The molecule has 0 aliphatic heterocycles. The summed E-state index contributed by atoms with van der Waals surface area (Å²) < 4.78 is 42.8. The second kappa shape index (κ2) is 6.67. The zero-order valence-electron chi connectivity index (χ0n) is 12.7. The van der Waals surface area contributed by atoms with Crippen molar-refractivity contribution in [2.45, 2.75) is 12.9 Å². The standard InChI is InChI=1S/C15H13F3N6O/c16-15(17,18)25-12-4-2-1-3-11(12)23-14(19)21-9-10-5-7-20-13-6-8-22-24(10)13/h1-8H,9H2,(H3,19,21,23). The summed E-state index contributed by atoms with van der Waals surface area (Å²) in [7, 11) is 0. The number of alkyl halides is 3. The van der Waals surface area contributed by atoms with E-state index in [1.165, 1.54) is 18.2 Å². The molecule has 0 spiro atoms. The molecule has 130 valence electrons. The third kappa shape index (κ3) is 4.16. The minimum Gasteiger partial charge on any atom is -0.404 e. The number of aliphatic imine (C=N–C) groups is 1. The topological polar surface area (TPSA) is 89.8 Å². The van der Waals surface area contributed by atoms with Crippen molar-refractivity contribution in [3.63, 3.8) is 0 Å². The third-order valence-corrected chi connectivity index (χ3v) is 3.16. The van der Waals surface area contributed by atoms with Crippen LogP contribution in [-0.4, -0.2) is 26.9 Å². The van der Waals surface area contributed by atoms with Gasteiger partial charge in [0.2, 0.25) is 0 Å². The maximum Gasteiger partial charge on any atom is 0.573 e. The summed E-state index contributed by atoms with van der Waals surface area (Å²) in [5, 5.41) is 6.72. The van der Waals surface area contributed by atoms with Crippen molar-refractivity contribution in [3.05, 3.63) is 54.5 Å². The normalized spacial score (nSPS) is 12.4. The van der Waals surface area contributed by atoms with Gasteiger partial charge in [0.15, 0.2) is 17.4 Å². The molecule has 0 aliphatic carbocycles. The minimum atomic E-state index is -4.80. The van der Waals surface area contributed by atoms with E-state index in [1.54, 1.807) is 35.1 Å². The molecular formula is C15H13F3N6O. The summed E-state index contributed by atoms with van der Waals surface area (Å²) >= 11 is 0. The van der Waals surface area contributed by atoms with Crippen LogP contribution in [0.4, 0.5) is 18.9 Å². The van der Waals surface area contributed by atoms with E-state index < -0.39 is 12.1 Å². The molecule has 0 saturated carbocycles. The highest BCUT2D eigenvalue weighted by atomic mass is 19.4. The maximum atomic E-state index is 12.4. The molecule has 0 bridgehead atoms. The molecule has 3 rings (SSSR count). The van der Waals surface area contributed by atoms with Crippen LogP contribution >= 0.6 is 0 Å². The molecule has 0 saturated heterocycles. The fourth-order valence-electron chi connectivity index (χ4n) is 2.13. The highest BCUT2D eigenvalue weighted by molar-refractivity contribution is 5.93. The Morgan fingerprint density at radius 3 is 2.80 bits per heavy atom. The molecule has 7 nitrogen and oxygen atoms in total. The number of rotatable bonds is 4. The van der Waals surface area contributed by atoms with E-state index in [2.05, 4.69) is 25.1 Å². The summed E-state index contributed by atoms with van der Waals surface area (Å²) in [6.07, 6.45) is -1.59. The summed E-state index contributed by atoms with van der Waals surface area (Å²) in [6, 6.07) is 9.01. The molecule has 0 radical (unpaired) electrons. The first kappa shape index (κ1) is 16.6. The van der Waals surface area contributed by atoms with E-state index in [-0.39, 0.29) is 18.2 Å². The summed E-state index contributed by atoms with van der Waals surface area (Å²) in [6.45, 7) is 0.168. The lowest BCUT2D eigenvalue weighted by atomic mass is 10.3. The van der Waals surface area contributed by atoms with E-state index in [0.717, 1.165) is 5.69 Å². The lowest BCUT2D eigenvalue weighted by molar-refractivity contribution is -0.274. The first-order valence-electron chi connectivity index (χ1n) is 7.12. The lowest BCUT2D eigenvalue weighted by Gasteiger charge is -2.14. The highest BCUT2D eigenvalue weighted by Gasteiger charge is 2.32. The number of fused-ring (bicyclic) bond motifs is 1. The fourth-order valence-corrected chi connectivity index (χ4v) is 2.13. The van der Waals surface area contributed by atoms with E-state index >= 15 is 0 Å². The van der Waals surface area contributed by atoms with Crippen LogP contribution in [0.2, 0.25) is 0 Å². The van der Waals surface area contributed by atoms with Crippen molar-refractivity contribution in [1.29, 1.82) is 0 Å². The van der Waals surface area contributed by atoms with Gasteiger partial charge in [0.1, 0.15) is 0 Å². The van der Waals surface area contributed by atoms with Crippen LogP contribution in [0.15, 0.2) is 53.8 Å². The Morgan fingerprint density at radius 1 is 1.20 bits per heavy atom. The molecule has 0 fully saturated rings. The van der Waals surface area contributed by atoms with E-state index in [9.17, 15) is 13.2 Å². The highest BCUT2D eigenvalue weighted by Crippen LogP contribution is 2.29. The van der Waals surface area contributed by atoms with Crippen LogP contribution in [0.5, 0.6) is 5.75 Å². The van der Waals surface area contributed by atoms with E-state index in [4.69, 9.17) is 5.73 Å². The molecule has 10 heteroatoms. The van der Waals surface area contributed by atoms with Gasteiger partial charge < -0.3 is 15.8 Å². The third-order valence-electron chi connectivity index (χ3n) is 3.16. The first-order valence-corrected chi connectivity index (χ1v) is 7.12. The lowest BCUT2D eigenvalue weighted by Crippen LogP contribution is -2.24. The number of hydrogen-bond donors (Lipinski definition) is 2. The molecule has 0 amide bonds. The van der Waals surface area contributed by atoms with Crippen molar-refractivity contribution >= 4 is 17.3 Å². The Hall–Kier alpha value is -3.30. The Labute approximate surface area is 140 Å². The van der Waals surface area contributed by atoms with Crippen LogP contribution in [-0.2, 0) is 6.54 Å². The number of hydrogen-bond acceptors (Lipinski definition) is 4. The zero-order valence-corrected chi connectivity index (χ0v) is 12.7. The zero-order chi connectivity index (χ0) is 17.9. The number of benzene rings is 1. The van der Waals surface area contributed by atoms with E-state index in [1.807, 2.05) is 0 Å². The molecule has 2 aromatic heterocycles. The van der Waals surface area contributed by atoms with Gasteiger partial charge in [-0.05, 0) is 18.2 Å². The number of halogens is 3. The van der Waals surface area contributed by atoms with Gasteiger partial charge in [-0.1, -0.05) is 12.1 Å². The quantitative estimate of drug-likeness (QED) is 0.557. The second-order valence-corrected chi connectivity index (χ2v) is 4.91. The Balaban J connectivity index is 1.75. The number of nitrogens with one attached hydrogen (secondary N) is 1. The Morgan fingerprint density at radius 2 is 2.00 bits per heavy atom. The van der Waals surface area contributed by atoms with Crippen molar-refractivity contribution in [3.8, 4) is 5.75 Å². The Kier molecular flexibility index (Phi) is 4.42. The Bertz CT molecular complexity index is 905. The van der Waals surface area contributed by atoms with Crippen LogP contribution in [0.25, 0.3) is 5.65 Å². The van der Waals surface area contributed by atoms with Crippen molar-refractivity contribution < 1.29 is 17.9 Å². The van der Waals surface area contributed by atoms with Gasteiger partial charge in [-0.3, -0.25) is 0 Å². The maximum absolute atomic E-state index is 12.4. The molecule has 3 N–H and O–H groups in total. The summed E-state index contributed by atoms with van der Waals surface area (Å²) in [4.78, 5) is 8.24. The predicted molar refractivity (Wildman–Crippen MR) is 85.1 cm³/mol. The number of nitrogens with two attached hydrogens (primary N) is 1. The van der Waals surface area contributed by atoms with Gasteiger partial charge >= 0.3 is 6.36 Å². The van der Waals surface area contributed by atoms with Crippen LogP contribution in [0, 0.1) is 0 Å². The molecule has 2 heterocycles. The van der Waals surface area contributed by atoms with Crippen molar-refractivity contribution in [1.82, 2.24) is 14.6 Å². The summed E-state index contributed by atoms with van der Waals surface area (Å²) in [5.74, 6) is -0.457. The van der Waals surface area contributed by atoms with Gasteiger partial charge in [-0.15, -0.1) is 13.2 Å². The van der Waals surface area contributed by atoms with Crippen LogP contribution < -0.4 is 15.8 Å². The van der Waals surface area contributed by atoms with Gasteiger partial charge in [0.25, 0.3) is 0 Å². The average molecular weight is 350 g/mol. The molecule has 25 heavy (non-hydrogen) atoms. The van der Waals surface area contributed by atoms with Crippen molar-refractivity contribution in [2.24, 2.45) is 10.7 Å². The van der Waals surface area contributed by atoms with Gasteiger partial charge in [-0.2, -0.15) is 5.10 Å². The monoisotopic (exact) mass is 350 g/mol. The number of anilines is 1. The number of aromatic nitrogens is 3. The molecule has 0 atom stereocenters. The van der Waals surface area contributed by atoms with Crippen molar-refractivity contribution in [2.75, 3.05) is 5.32 Å². The van der Waals surface area contributed by atoms with Crippen LogP contribution in [0.3, 0.4) is 0 Å². The molecular weight excluding hydrogens is 337 g/mol. The average Bonchev–Trinajstić information content (AvgIpc) is 3.02. The number of para-hydroxylation sites is 2. The SMILES string of the molecule is NC(=NCc1ccnc2ccnn12)Nc1ccccc1OC(F)(F)F. The van der Waals surface area contributed by atoms with Gasteiger partial charge in [0, 0.05) is 12.3 Å². The molecule has 0 aliphatic rings. The smallest absolute Gasteiger partial charge is 0.404 e. The summed E-state index contributed by atoms with van der Waals surface area (Å²) in [5.41, 5.74) is 7.20. The fraction of sp³-hybridized carbons (Fsp3) is 0.133. The van der Waals surface area contributed by atoms with E-state index in [0.29, 0.717) is 5.65 Å². The predicted octanol–water partition coefficient (Wildman–Crippen LogP) is 2.55. The van der Waals surface area contributed by atoms with Gasteiger partial charge in [-0.25, -0.2) is 14.5 Å². The minimum absolute atomic E-state index is 0.0556. The molecule has 3 aromatic rings.